The summed E-state index contributed by atoms with van der Waals surface area (Å²) >= 11 is -2.95. The van der Waals surface area contributed by atoms with Gasteiger partial charge in [-0.2, -0.15) is 4.21 Å². The summed E-state index contributed by atoms with van der Waals surface area (Å²) in [5, 5.41) is 0. The Kier molecular flexibility index (Phi) is 3.01. The van der Waals surface area contributed by atoms with Crippen LogP contribution in [0, 0.1) is 0 Å². The Morgan fingerprint density at radius 3 is 2.41 bits per heavy atom. The highest BCUT2D eigenvalue weighted by Crippen LogP contribution is 2.24. The van der Waals surface area contributed by atoms with E-state index < -0.39 is 23.3 Å². The molecule has 1 unspecified atom stereocenters. The fraction of sp³-hybridized carbons (Fsp3) is 0. The lowest BCUT2D eigenvalue weighted by atomic mass is 10.3. The fourth-order valence-corrected chi connectivity index (χ4v) is 1.66. The van der Waals surface area contributed by atoms with Crippen LogP contribution in [0.25, 0.3) is 0 Å². The number of hydrogen-bond donors (Lipinski definition) is 0. The molecule has 7 heteroatoms. The number of hydrogen-bond acceptors (Lipinski definition) is 4. The van der Waals surface area contributed by atoms with Gasteiger partial charge in [0.05, 0.1) is 5.69 Å². The predicted octanol–water partition coefficient (Wildman–Crippen LogP) is 1.04. The third-order valence-electron chi connectivity index (χ3n) is 2.05. The first-order chi connectivity index (χ1) is 8.08. The third-order valence-corrected chi connectivity index (χ3v) is 2.37. The Morgan fingerprint density at radius 2 is 1.82 bits per heavy atom. The standard InChI is InChI=1S/C10H6FNO4S/c11-17(15)16-8-3-1-2-7(6-8)12-9(13)4-5-10(12)14/h1-6H. The summed E-state index contributed by atoms with van der Waals surface area (Å²) in [7, 11) is 0. The van der Waals surface area contributed by atoms with Gasteiger partial charge in [-0.25, -0.2) is 4.90 Å². The Labute approximate surface area is 98.4 Å². The topological polar surface area (TPSA) is 63.7 Å². The van der Waals surface area contributed by atoms with Gasteiger partial charge in [-0.05, 0) is 12.1 Å². The van der Waals surface area contributed by atoms with Crippen molar-refractivity contribution in [3.05, 3.63) is 36.4 Å². The van der Waals surface area contributed by atoms with Gasteiger partial charge in [0.15, 0.2) is 0 Å². The maximum absolute atomic E-state index is 12.1. The molecule has 0 radical (unpaired) electrons. The number of carbonyl (C=O) groups is 2. The number of anilines is 1. The number of imide groups is 1. The van der Waals surface area contributed by atoms with Crippen LogP contribution < -0.4 is 9.08 Å². The van der Waals surface area contributed by atoms with Crippen LogP contribution in [-0.4, -0.2) is 16.0 Å². The number of benzene rings is 1. The van der Waals surface area contributed by atoms with Crippen LogP contribution in [0.2, 0.25) is 0 Å². The first-order valence-electron chi connectivity index (χ1n) is 4.50. The van der Waals surface area contributed by atoms with E-state index in [1.165, 1.54) is 24.3 Å². The number of nitrogens with zero attached hydrogens (tertiary/aromatic N) is 1. The summed E-state index contributed by atoms with van der Waals surface area (Å²) in [5.74, 6) is -1.02. The molecule has 0 bridgehead atoms. The summed E-state index contributed by atoms with van der Waals surface area (Å²) in [6, 6.07) is 5.55. The zero-order chi connectivity index (χ0) is 12.4. The summed E-state index contributed by atoms with van der Waals surface area (Å²) in [6.45, 7) is 0. The molecule has 1 heterocycles. The normalized spacial score (nSPS) is 16.4. The van der Waals surface area contributed by atoms with Gasteiger partial charge < -0.3 is 4.18 Å². The minimum atomic E-state index is -2.95. The van der Waals surface area contributed by atoms with Crippen LogP contribution in [0.4, 0.5) is 9.57 Å². The van der Waals surface area contributed by atoms with Crippen LogP contribution in [-0.2, 0) is 21.1 Å². The van der Waals surface area contributed by atoms with E-state index >= 15 is 0 Å². The van der Waals surface area contributed by atoms with Crippen LogP contribution in [0.15, 0.2) is 36.4 Å². The second-order valence-corrected chi connectivity index (χ2v) is 3.67. The van der Waals surface area contributed by atoms with Crippen molar-refractivity contribution in [1.82, 2.24) is 0 Å². The molecule has 0 saturated carbocycles. The van der Waals surface area contributed by atoms with Gasteiger partial charge in [0.1, 0.15) is 5.75 Å². The lowest BCUT2D eigenvalue weighted by molar-refractivity contribution is -0.119. The van der Waals surface area contributed by atoms with E-state index in [2.05, 4.69) is 4.18 Å². The first kappa shape index (κ1) is 11.5. The zero-order valence-corrected chi connectivity index (χ0v) is 9.15. The quantitative estimate of drug-likeness (QED) is 0.598. The minimum absolute atomic E-state index is 0.0316. The highest BCUT2D eigenvalue weighted by molar-refractivity contribution is 7.75. The molecular formula is C10H6FNO4S. The smallest absolute Gasteiger partial charge is 0.377 e. The molecule has 1 aromatic carbocycles. The lowest BCUT2D eigenvalue weighted by Gasteiger charge is -2.14. The van der Waals surface area contributed by atoms with Gasteiger partial charge >= 0.3 is 11.5 Å². The van der Waals surface area contributed by atoms with E-state index in [4.69, 9.17) is 0 Å². The van der Waals surface area contributed by atoms with E-state index in [-0.39, 0.29) is 11.4 Å². The lowest BCUT2D eigenvalue weighted by Crippen LogP contribution is -2.29. The average molecular weight is 255 g/mol. The molecule has 0 aliphatic carbocycles. The fourth-order valence-electron chi connectivity index (χ4n) is 1.40. The second-order valence-electron chi connectivity index (χ2n) is 3.12. The maximum Gasteiger partial charge on any atom is 0.401 e. The maximum atomic E-state index is 12.1. The van der Waals surface area contributed by atoms with E-state index in [0.717, 1.165) is 17.1 Å². The van der Waals surface area contributed by atoms with E-state index in [9.17, 15) is 17.7 Å². The van der Waals surface area contributed by atoms with Gasteiger partial charge in [0, 0.05) is 18.2 Å². The molecule has 0 aromatic heterocycles. The number of halogens is 1. The van der Waals surface area contributed by atoms with E-state index in [0.29, 0.717) is 0 Å². The molecule has 17 heavy (non-hydrogen) atoms. The molecular weight excluding hydrogens is 249 g/mol. The summed E-state index contributed by atoms with van der Waals surface area (Å²) in [5.41, 5.74) is 0.230. The zero-order valence-electron chi connectivity index (χ0n) is 8.33. The summed E-state index contributed by atoms with van der Waals surface area (Å²) < 4.78 is 26.7. The van der Waals surface area contributed by atoms with Gasteiger partial charge in [-0.1, -0.05) is 9.95 Å². The molecule has 1 atom stereocenters. The minimum Gasteiger partial charge on any atom is -0.377 e. The average Bonchev–Trinajstić information content (AvgIpc) is 2.58. The molecule has 1 aromatic rings. The van der Waals surface area contributed by atoms with Crippen LogP contribution in [0.1, 0.15) is 0 Å². The molecule has 0 saturated heterocycles. The van der Waals surface area contributed by atoms with Crippen molar-refractivity contribution in [1.29, 1.82) is 0 Å². The molecule has 0 spiro atoms. The van der Waals surface area contributed by atoms with Crippen molar-refractivity contribution in [3.8, 4) is 5.75 Å². The summed E-state index contributed by atoms with van der Waals surface area (Å²) in [6.07, 6.45) is 2.26. The van der Waals surface area contributed by atoms with Crippen molar-refractivity contribution in [2.45, 2.75) is 0 Å². The van der Waals surface area contributed by atoms with Gasteiger partial charge in [0.25, 0.3) is 11.8 Å². The SMILES string of the molecule is O=C1C=CC(=O)N1c1cccc(OS(=O)F)c1. The van der Waals surface area contributed by atoms with Gasteiger partial charge in [0.2, 0.25) is 0 Å². The Balaban J connectivity index is 2.30. The van der Waals surface area contributed by atoms with Crippen molar-refractivity contribution in [2.24, 2.45) is 0 Å². The molecule has 1 aliphatic rings. The van der Waals surface area contributed by atoms with Crippen LogP contribution in [0.5, 0.6) is 5.75 Å². The van der Waals surface area contributed by atoms with Crippen LogP contribution >= 0.6 is 0 Å². The molecule has 0 N–H and O–H groups in total. The first-order valence-corrected chi connectivity index (χ1v) is 5.48. The number of amides is 2. The summed E-state index contributed by atoms with van der Waals surface area (Å²) in [4.78, 5) is 23.6. The second kappa shape index (κ2) is 4.46. The molecule has 2 amide bonds. The Bertz CT molecular complexity index is 525. The van der Waals surface area contributed by atoms with Crippen molar-refractivity contribution < 1.29 is 21.9 Å². The van der Waals surface area contributed by atoms with Crippen molar-refractivity contribution in [3.63, 3.8) is 0 Å². The largest absolute Gasteiger partial charge is 0.401 e. The van der Waals surface area contributed by atoms with Gasteiger partial charge in [-0.3, -0.25) is 9.59 Å². The molecule has 88 valence electrons. The molecule has 5 nitrogen and oxygen atoms in total. The predicted molar refractivity (Wildman–Crippen MR) is 58.0 cm³/mol. The van der Waals surface area contributed by atoms with Crippen molar-refractivity contribution in [2.75, 3.05) is 4.90 Å². The Hall–Kier alpha value is -2.02. The molecule has 1 aliphatic heterocycles. The van der Waals surface area contributed by atoms with E-state index in [1.54, 1.807) is 0 Å². The highest BCUT2D eigenvalue weighted by Gasteiger charge is 2.25. The third kappa shape index (κ3) is 2.39. The highest BCUT2D eigenvalue weighted by atomic mass is 32.2. The Morgan fingerprint density at radius 1 is 1.18 bits per heavy atom. The molecule has 2 rings (SSSR count). The number of carbonyl (C=O) groups excluding carboxylic acids is 2. The molecule has 0 fully saturated rings. The monoisotopic (exact) mass is 255 g/mol. The number of rotatable bonds is 3. The van der Waals surface area contributed by atoms with Crippen LogP contribution in [0.3, 0.4) is 0 Å². The van der Waals surface area contributed by atoms with E-state index in [1.807, 2.05) is 0 Å². The van der Waals surface area contributed by atoms with Gasteiger partial charge in [-0.15, -0.1) is 0 Å². The van der Waals surface area contributed by atoms with Crippen molar-refractivity contribution >= 4 is 29.0 Å².